The van der Waals surface area contributed by atoms with E-state index in [1.54, 1.807) is 7.11 Å². The van der Waals surface area contributed by atoms with E-state index in [9.17, 15) is 4.79 Å². The Kier molecular flexibility index (Phi) is 7.53. The lowest BCUT2D eigenvalue weighted by atomic mass is 9.82. The van der Waals surface area contributed by atoms with Crippen LogP contribution in [0.15, 0.2) is 22.7 Å². The highest BCUT2D eigenvalue weighted by Gasteiger charge is 2.39. The molecule has 0 saturated carbocycles. The number of hydrogen-bond donors (Lipinski definition) is 1. The zero-order chi connectivity index (χ0) is 19.4. The number of carbonyl (C=O) groups is 1. The molecule has 2 unspecified atom stereocenters. The first-order valence-electron chi connectivity index (χ1n) is 9.51. The minimum absolute atomic E-state index is 0.0129. The highest BCUT2D eigenvalue weighted by atomic mass is 79.9. The van der Waals surface area contributed by atoms with Crippen molar-refractivity contribution in [3.8, 4) is 5.75 Å². The first kappa shape index (κ1) is 21.2. The lowest BCUT2D eigenvalue weighted by Gasteiger charge is -2.27. The van der Waals surface area contributed by atoms with Crippen LogP contribution in [0.3, 0.4) is 0 Å². The van der Waals surface area contributed by atoms with E-state index in [0.29, 0.717) is 17.8 Å². The number of cyclic esters (lactones) is 1. The van der Waals surface area contributed by atoms with E-state index in [4.69, 9.17) is 15.2 Å². The molecule has 5 heteroatoms. The van der Waals surface area contributed by atoms with Crippen LogP contribution in [0.5, 0.6) is 5.75 Å². The van der Waals surface area contributed by atoms with Crippen molar-refractivity contribution in [2.45, 2.75) is 59.1 Å². The van der Waals surface area contributed by atoms with Gasteiger partial charge in [-0.15, -0.1) is 0 Å². The fraction of sp³-hybridized carbons (Fsp3) is 0.667. The molecule has 0 amide bonds. The smallest absolute Gasteiger partial charge is 0.309 e. The summed E-state index contributed by atoms with van der Waals surface area (Å²) in [5.74, 6) is 1.98. The van der Waals surface area contributed by atoms with E-state index in [2.05, 4.69) is 55.8 Å². The minimum atomic E-state index is -0.154. The average Bonchev–Trinajstić information content (AvgIpc) is 2.96. The Morgan fingerprint density at radius 3 is 2.50 bits per heavy atom. The fourth-order valence-corrected chi connectivity index (χ4v) is 4.26. The molecule has 0 aromatic heterocycles. The molecule has 2 rings (SSSR count). The third-order valence-electron chi connectivity index (χ3n) is 5.57. The summed E-state index contributed by atoms with van der Waals surface area (Å²) >= 11 is 3.56. The maximum atomic E-state index is 12.0. The van der Waals surface area contributed by atoms with Gasteiger partial charge in [-0.05, 0) is 70.6 Å². The number of esters is 1. The maximum absolute atomic E-state index is 12.0. The van der Waals surface area contributed by atoms with Gasteiger partial charge in [0, 0.05) is 6.04 Å². The van der Waals surface area contributed by atoms with Crippen LogP contribution in [0.25, 0.3) is 0 Å². The van der Waals surface area contributed by atoms with Crippen molar-refractivity contribution in [2.75, 3.05) is 7.11 Å². The monoisotopic (exact) mass is 425 g/mol. The van der Waals surface area contributed by atoms with E-state index in [1.165, 1.54) is 5.56 Å². The fourth-order valence-electron chi connectivity index (χ4n) is 3.67. The quantitative estimate of drug-likeness (QED) is 0.619. The van der Waals surface area contributed by atoms with E-state index >= 15 is 0 Å². The van der Waals surface area contributed by atoms with Crippen molar-refractivity contribution < 1.29 is 14.3 Å². The summed E-state index contributed by atoms with van der Waals surface area (Å²) in [4.78, 5) is 12.0. The van der Waals surface area contributed by atoms with Gasteiger partial charge in [0.2, 0.25) is 0 Å². The predicted molar refractivity (Wildman–Crippen MR) is 108 cm³/mol. The van der Waals surface area contributed by atoms with Crippen LogP contribution in [0.4, 0.5) is 0 Å². The first-order valence-corrected chi connectivity index (χ1v) is 10.3. The average molecular weight is 426 g/mol. The first-order chi connectivity index (χ1) is 12.2. The number of benzene rings is 1. The zero-order valence-corrected chi connectivity index (χ0v) is 18.1. The normalized spacial score (nSPS) is 22.6. The molecule has 4 atom stereocenters. The number of halogens is 1. The van der Waals surface area contributed by atoms with Crippen molar-refractivity contribution >= 4 is 21.9 Å². The summed E-state index contributed by atoms with van der Waals surface area (Å²) < 4.78 is 11.9. The number of nitrogens with two attached hydrogens (primary N) is 1. The second-order valence-electron chi connectivity index (χ2n) is 8.14. The molecule has 1 fully saturated rings. The van der Waals surface area contributed by atoms with Crippen molar-refractivity contribution in [1.29, 1.82) is 0 Å². The Balaban J connectivity index is 2.02. The van der Waals surface area contributed by atoms with E-state index in [1.807, 2.05) is 6.07 Å². The third kappa shape index (κ3) is 5.23. The van der Waals surface area contributed by atoms with Crippen molar-refractivity contribution in [3.05, 3.63) is 28.2 Å². The summed E-state index contributed by atoms with van der Waals surface area (Å²) in [6.07, 6.45) is 2.39. The van der Waals surface area contributed by atoms with E-state index < -0.39 is 0 Å². The topological polar surface area (TPSA) is 61.5 Å². The molecule has 0 radical (unpaired) electrons. The lowest BCUT2D eigenvalue weighted by molar-refractivity contribution is -0.146. The summed E-state index contributed by atoms with van der Waals surface area (Å²) in [6, 6.07) is 6.10. The van der Waals surface area contributed by atoms with Gasteiger partial charge in [-0.1, -0.05) is 33.8 Å². The van der Waals surface area contributed by atoms with Crippen LogP contribution in [0, 0.1) is 23.7 Å². The largest absolute Gasteiger partial charge is 0.496 e. The van der Waals surface area contributed by atoms with Gasteiger partial charge < -0.3 is 15.2 Å². The molecular weight excluding hydrogens is 394 g/mol. The van der Waals surface area contributed by atoms with Gasteiger partial charge in [-0.3, -0.25) is 4.79 Å². The number of methoxy groups -OCH3 is 1. The molecular formula is C21H32BrNO3. The van der Waals surface area contributed by atoms with Crippen LogP contribution >= 0.6 is 15.9 Å². The van der Waals surface area contributed by atoms with Gasteiger partial charge in [-0.2, -0.15) is 0 Å². The van der Waals surface area contributed by atoms with Crippen LogP contribution in [-0.4, -0.2) is 25.2 Å². The van der Waals surface area contributed by atoms with Crippen LogP contribution in [0.2, 0.25) is 0 Å². The second-order valence-corrected chi connectivity index (χ2v) is 8.99. The molecule has 1 heterocycles. The van der Waals surface area contributed by atoms with Gasteiger partial charge in [0.15, 0.2) is 0 Å². The Hall–Kier alpha value is -1.07. The second kappa shape index (κ2) is 9.23. The Labute approximate surface area is 165 Å². The van der Waals surface area contributed by atoms with E-state index in [0.717, 1.165) is 29.5 Å². The molecule has 1 saturated heterocycles. The highest BCUT2D eigenvalue weighted by Crippen LogP contribution is 2.33. The van der Waals surface area contributed by atoms with Gasteiger partial charge in [0.05, 0.1) is 17.5 Å². The molecule has 2 N–H and O–H groups in total. The van der Waals surface area contributed by atoms with Crippen molar-refractivity contribution in [2.24, 2.45) is 29.4 Å². The molecule has 4 nitrogen and oxygen atoms in total. The van der Waals surface area contributed by atoms with Gasteiger partial charge in [-0.25, -0.2) is 0 Å². The molecule has 1 aliphatic heterocycles. The van der Waals surface area contributed by atoms with Crippen molar-refractivity contribution in [1.82, 2.24) is 0 Å². The Morgan fingerprint density at radius 1 is 1.31 bits per heavy atom. The maximum Gasteiger partial charge on any atom is 0.309 e. The number of carbonyl (C=O) groups excluding carboxylic acids is 1. The lowest BCUT2D eigenvalue weighted by Crippen LogP contribution is -2.37. The summed E-state index contributed by atoms with van der Waals surface area (Å²) in [6.45, 7) is 8.59. The summed E-state index contributed by atoms with van der Waals surface area (Å²) in [5, 5.41) is 0. The summed E-state index contributed by atoms with van der Waals surface area (Å²) in [5.41, 5.74) is 7.72. The van der Waals surface area contributed by atoms with Crippen LogP contribution in [0.1, 0.15) is 46.1 Å². The van der Waals surface area contributed by atoms with Gasteiger partial charge >= 0.3 is 5.97 Å². The Morgan fingerprint density at radius 2 is 2.00 bits per heavy atom. The third-order valence-corrected chi connectivity index (χ3v) is 6.19. The molecule has 1 aliphatic rings. The van der Waals surface area contributed by atoms with Gasteiger partial charge in [0.25, 0.3) is 0 Å². The standard InChI is InChI=1S/C21H32BrNO3/c1-12(2)15(8-14-6-7-19(25-5)17(22)9-14)10-18(23)20-11-16(13(3)4)21(24)26-20/h6-7,9,12-13,15-16,18,20H,8,10-11,23H2,1-5H3/t15-,16?,18-,20?/m0/s1. The number of hydrogen-bond acceptors (Lipinski definition) is 4. The Bertz CT molecular complexity index is 617. The molecule has 0 spiro atoms. The molecule has 0 bridgehead atoms. The van der Waals surface area contributed by atoms with Crippen LogP contribution < -0.4 is 10.5 Å². The van der Waals surface area contributed by atoms with Crippen LogP contribution in [-0.2, 0) is 16.0 Å². The van der Waals surface area contributed by atoms with E-state index in [-0.39, 0.29) is 24.0 Å². The SMILES string of the molecule is COc1ccc(C[C@@H](C[C@H](N)C2CC(C(C)C)C(=O)O2)C(C)C)cc1Br. The van der Waals surface area contributed by atoms with Crippen molar-refractivity contribution in [3.63, 3.8) is 0 Å². The molecule has 1 aromatic carbocycles. The predicted octanol–water partition coefficient (Wildman–Crippen LogP) is 4.58. The zero-order valence-electron chi connectivity index (χ0n) is 16.5. The molecule has 26 heavy (non-hydrogen) atoms. The minimum Gasteiger partial charge on any atom is -0.496 e. The highest BCUT2D eigenvalue weighted by molar-refractivity contribution is 9.10. The number of ether oxygens (including phenoxy) is 2. The molecule has 0 aliphatic carbocycles. The van der Waals surface area contributed by atoms with Gasteiger partial charge in [0.1, 0.15) is 11.9 Å². The number of rotatable bonds is 8. The summed E-state index contributed by atoms with van der Waals surface area (Å²) in [7, 11) is 1.67. The molecule has 1 aromatic rings. The molecule has 146 valence electrons.